The minimum Gasteiger partial charge on any atom is -0.481 e. The van der Waals surface area contributed by atoms with E-state index in [2.05, 4.69) is 20.9 Å². The topological polar surface area (TPSA) is 90.5 Å². The van der Waals surface area contributed by atoms with Gasteiger partial charge in [0.15, 0.2) is 0 Å². The fourth-order valence-corrected chi connectivity index (χ4v) is 2.45. The van der Waals surface area contributed by atoms with Crippen molar-refractivity contribution in [2.75, 3.05) is 13.1 Å². The van der Waals surface area contributed by atoms with Crippen molar-refractivity contribution in [1.82, 2.24) is 9.88 Å². The Morgan fingerprint density at radius 3 is 2.53 bits per heavy atom. The van der Waals surface area contributed by atoms with Crippen molar-refractivity contribution in [3.05, 3.63) is 32.7 Å². The summed E-state index contributed by atoms with van der Waals surface area (Å²) in [6, 6.07) is 1.48. The smallest absolute Gasteiger partial charge is 0.306 e. The predicted molar refractivity (Wildman–Crippen MR) is 71.0 cm³/mol. The predicted octanol–water partition coefficient (Wildman–Crippen LogP) is 1.07. The molecule has 1 saturated heterocycles. The van der Waals surface area contributed by atoms with E-state index in [0.29, 0.717) is 36.0 Å². The van der Waals surface area contributed by atoms with Crippen molar-refractivity contribution in [2.24, 2.45) is 5.92 Å². The van der Waals surface area contributed by atoms with Gasteiger partial charge in [-0.15, -0.1) is 0 Å². The van der Waals surface area contributed by atoms with Gasteiger partial charge in [0.25, 0.3) is 11.5 Å². The number of pyridine rings is 1. The molecule has 7 heteroatoms. The number of nitrogens with one attached hydrogen (secondary N) is 1. The molecule has 0 saturated carbocycles. The summed E-state index contributed by atoms with van der Waals surface area (Å²) in [4.78, 5) is 38.3. The average molecular weight is 329 g/mol. The maximum absolute atomic E-state index is 12.2. The summed E-state index contributed by atoms with van der Waals surface area (Å²) in [6.07, 6.45) is 2.30. The number of carboxylic acids is 1. The molecule has 102 valence electrons. The van der Waals surface area contributed by atoms with Crippen molar-refractivity contribution in [3.8, 4) is 0 Å². The second-order valence-electron chi connectivity index (χ2n) is 4.47. The minimum absolute atomic E-state index is 0.194. The van der Waals surface area contributed by atoms with E-state index >= 15 is 0 Å². The highest BCUT2D eigenvalue weighted by molar-refractivity contribution is 9.10. The van der Waals surface area contributed by atoms with Gasteiger partial charge in [0.2, 0.25) is 0 Å². The lowest BCUT2D eigenvalue weighted by atomic mass is 9.97. The van der Waals surface area contributed by atoms with Gasteiger partial charge in [-0.05, 0) is 34.8 Å². The number of likely N-dealkylation sites (tertiary alicyclic amines) is 1. The molecular weight excluding hydrogens is 316 g/mol. The van der Waals surface area contributed by atoms with E-state index in [1.807, 2.05) is 0 Å². The lowest BCUT2D eigenvalue weighted by Gasteiger charge is -2.30. The molecule has 2 N–H and O–H groups in total. The van der Waals surface area contributed by atoms with Gasteiger partial charge < -0.3 is 15.0 Å². The van der Waals surface area contributed by atoms with Gasteiger partial charge in [-0.1, -0.05) is 0 Å². The largest absolute Gasteiger partial charge is 0.481 e. The van der Waals surface area contributed by atoms with Crippen molar-refractivity contribution in [1.29, 1.82) is 0 Å². The molecule has 2 heterocycles. The molecule has 2 rings (SSSR count). The van der Waals surface area contributed by atoms with Crippen LogP contribution in [0.5, 0.6) is 0 Å². The normalized spacial score (nSPS) is 16.4. The van der Waals surface area contributed by atoms with E-state index in [1.165, 1.54) is 12.3 Å². The number of piperidine rings is 1. The van der Waals surface area contributed by atoms with Crippen LogP contribution in [0.15, 0.2) is 21.5 Å². The number of hydrogen-bond acceptors (Lipinski definition) is 3. The minimum atomic E-state index is -0.807. The van der Waals surface area contributed by atoms with Gasteiger partial charge in [-0.3, -0.25) is 14.4 Å². The number of carbonyl (C=O) groups is 2. The first-order valence-corrected chi connectivity index (χ1v) is 6.68. The standard InChI is InChI=1S/C12H13BrN2O4/c13-9-5-8(6-14-10(9)16)11(17)15-3-1-7(2-4-15)12(18)19/h5-7H,1-4H2,(H,14,16)(H,18,19). The molecule has 0 bridgehead atoms. The Bertz CT molecular complexity index is 561. The number of H-pyrrole nitrogens is 1. The van der Waals surface area contributed by atoms with E-state index in [9.17, 15) is 14.4 Å². The van der Waals surface area contributed by atoms with Crippen LogP contribution in [-0.2, 0) is 4.79 Å². The Labute approximate surface area is 117 Å². The number of aromatic amines is 1. The van der Waals surface area contributed by atoms with Crippen LogP contribution in [0.25, 0.3) is 0 Å². The highest BCUT2D eigenvalue weighted by Gasteiger charge is 2.27. The van der Waals surface area contributed by atoms with Gasteiger partial charge in [0.05, 0.1) is 16.0 Å². The molecule has 1 aliphatic heterocycles. The zero-order valence-electron chi connectivity index (χ0n) is 10.1. The monoisotopic (exact) mass is 328 g/mol. The van der Waals surface area contributed by atoms with E-state index in [0.717, 1.165) is 0 Å². The Morgan fingerprint density at radius 1 is 1.37 bits per heavy atom. The van der Waals surface area contributed by atoms with E-state index in [1.54, 1.807) is 4.90 Å². The third-order valence-electron chi connectivity index (χ3n) is 3.24. The summed E-state index contributed by atoms with van der Waals surface area (Å²) >= 11 is 3.07. The number of aliphatic carboxylic acids is 1. The molecular formula is C12H13BrN2O4. The zero-order chi connectivity index (χ0) is 14.0. The van der Waals surface area contributed by atoms with Crippen LogP contribution in [0.4, 0.5) is 0 Å². The van der Waals surface area contributed by atoms with Crippen LogP contribution in [0.1, 0.15) is 23.2 Å². The summed E-state index contributed by atoms with van der Waals surface area (Å²) in [7, 11) is 0. The second kappa shape index (κ2) is 5.56. The molecule has 0 aliphatic carbocycles. The SMILES string of the molecule is O=C(O)C1CCN(C(=O)c2c[nH]c(=O)c(Br)c2)CC1. The first-order valence-electron chi connectivity index (χ1n) is 5.89. The van der Waals surface area contributed by atoms with Crippen LogP contribution >= 0.6 is 15.9 Å². The lowest BCUT2D eigenvalue weighted by molar-refractivity contribution is -0.143. The molecule has 0 spiro atoms. The highest BCUT2D eigenvalue weighted by Crippen LogP contribution is 2.19. The molecule has 1 amide bonds. The summed E-state index contributed by atoms with van der Waals surface area (Å²) in [5, 5.41) is 8.90. The van der Waals surface area contributed by atoms with Gasteiger partial charge >= 0.3 is 5.97 Å². The number of rotatable bonds is 2. The molecule has 1 aromatic heterocycles. The van der Waals surface area contributed by atoms with Gasteiger partial charge in [-0.25, -0.2) is 0 Å². The molecule has 1 aliphatic rings. The molecule has 1 fully saturated rings. The van der Waals surface area contributed by atoms with Crippen LogP contribution in [0, 0.1) is 5.92 Å². The van der Waals surface area contributed by atoms with Crippen LogP contribution < -0.4 is 5.56 Å². The van der Waals surface area contributed by atoms with Crippen LogP contribution in [0.2, 0.25) is 0 Å². The number of carbonyl (C=O) groups excluding carboxylic acids is 1. The molecule has 6 nitrogen and oxygen atoms in total. The third-order valence-corrected chi connectivity index (χ3v) is 3.83. The lowest BCUT2D eigenvalue weighted by Crippen LogP contribution is -2.40. The molecule has 0 atom stereocenters. The van der Waals surface area contributed by atoms with Crippen molar-refractivity contribution < 1.29 is 14.7 Å². The summed E-state index contributed by atoms with van der Waals surface area (Å²) in [6.45, 7) is 0.846. The quantitative estimate of drug-likeness (QED) is 0.849. The van der Waals surface area contributed by atoms with Crippen LogP contribution in [-0.4, -0.2) is 40.0 Å². The number of carboxylic acid groups (broad SMARTS) is 1. The molecule has 1 aromatic rings. The second-order valence-corrected chi connectivity index (χ2v) is 5.32. The summed E-state index contributed by atoms with van der Waals surface area (Å²) in [5.74, 6) is -1.37. The number of halogens is 1. The highest BCUT2D eigenvalue weighted by atomic mass is 79.9. The number of aromatic nitrogens is 1. The van der Waals surface area contributed by atoms with Crippen molar-refractivity contribution in [3.63, 3.8) is 0 Å². The average Bonchev–Trinajstić information content (AvgIpc) is 2.41. The van der Waals surface area contributed by atoms with E-state index in [-0.39, 0.29) is 17.4 Å². The Balaban J connectivity index is 2.07. The first-order chi connectivity index (χ1) is 8.99. The Morgan fingerprint density at radius 2 is 2.00 bits per heavy atom. The molecule has 0 radical (unpaired) electrons. The fourth-order valence-electron chi connectivity index (χ4n) is 2.09. The molecule has 0 unspecified atom stereocenters. The van der Waals surface area contributed by atoms with Crippen LogP contribution in [0.3, 0.4) is 0 Å². The number of amides is 1. The number of nitrogens with zero attached hydrogens (tertiary/aromatic N) is 1. The Kier molecular flexibility index (Phi) is 4.04. The molecule has 19 heavy (non-hydrogen) atoms. The fraction of sp³-hybridized carbons (Fsp3) is 0.417. The van der Waals surface area contributed by atoms with Crippen molar-refractivity contribution >= 4 is 27.8 Å². The van der Waals surface area contributed by atoms with Gasteiger partial charge in [-0.2, -0.15) is 0 Å². The molecule has 0 aromatic carbocycles. The van der Waals surface area contributed by atoms with Crippen molar-refractivity contribution in [2.45, 2.75) is 12.8 Å². The summed E-state index contributed by atoms with van der Waals surface area (Å²) in [5.41, 5.74) is 0.0985. The third kappa shape index (κ3) is 3.04. The number of hydrogen-bond donors (Lipinski definition) is 2. The maximum Gasteiger partial charge on any atom is 0.306 e. The van der Waals surface area contributed by atoms with Gasteiger partial charge in [0.1, 0.15) is 0 Å². The first kappa shape index (κ1) is 13.8. The zero-order valence-corrected chi connectivity index (χ0v) is 11.6. The van der Waals surface area contributed by atoms with E-state index < -0.39 is 5.97 Å². The summed E-state index contributed by atoms with van der Waals surface area (Å²) < 4.78 is 0.304. The Hall–Kier alpha value is -1.63. The van der Waals surface area contributed by atoms with E-state index in [4.69, 9.17) is 5.11 Å². The maximum atomic E-state index is 12.2. The van der Waals surface area contributed by atoms with Gasteiger partial charge in [0, 0.05) is 19.3 Å².